The Balaban J connectivity index is 0.00000323. The summed E-state index contributed by atoms with van der Waals surface area (Å²) in [6.45, 7) is -0.613. The summed E-state index contributed by atoms with van der Waals surface area (Å²) in [4.78, 5) is 31.6. The van der Waals surface area contributed by atoms with Gasteiger partial charge in [0, 0.05) is 42.1 Å². The van der Waals surface area contributed by atoms with Crippen LogP contribution in [0.5, 0.6) is 0 Å². The van der Waals surface area contributed by atoms with Gasteiger partial charge in [-0.2, -0.15) is 23.4 Å². The largest absolute Gasteiger partial charge is 0.408 e. The highest BCUT2D eigenvalue weighted by atomic mass is 35.5. The van der Waals surface area contributed by atoms with Crippen molar-refractivity contribution in [2.45, 2.75) is 25.8 Å². The second-order valence-electron chi connectivity index (χ2n) is 9.17. The van der Waals surface area contributed by atoms with E-state index in [0.29, 0.717) is 45.5 Å². The van der Waals surface area contributed by atoms with Crippen molar-refractivity contribution in [1.82, 2.24) is 29.9 Å². The van der Waals surface area contributed by atoms with Crippen LogP contribution >= 0.6 is 12.4 Å². The van der Waals surface area contributed by atoms with Gasteiger partial charge in [-0.15, -0.1) is 12.4 Å². The first kappa shape index (κ1) is 26.9. The number of carbonyl (C=O) groups excluding carboxylic acids is 1. The highest BCUT2D eigenvalue weighted by Crippen LogP contribution is 2.29. The van der Waals surface area contributed by atoms with Crippen LogP contribution in [0.3, 0.4) is 0 Å². The first-order valence-corrected chi connectivity index (χ1v) is 11.9. The summed E-state index contributed by atoms with van der Waals surface area (Å²) in [7, 11) is 0. The minimum atomic E-state index is -4.65. The Hall–Kier alpha value is -4.71. The molecule has 0 fully saturated rings. The number of aromatic amines is 1. The third kappa shape index (κ3) is 5.25. The first-order valence-electron chi connectivity index (χ1n) is 11.9. The van der Waals surface area contributed by atoms with E-state index in [1.807, 2.05) is 6.07 Å². The Kier molecular flexibility index (Phi) is 7.03. The molecule has 0 aliphatic carbocycles. The summed E-state index contributed by atoms with van der Waals surface area (Å²) < 4.78 is 40.4. The van der Waals surface area contributed by atoms with Crippen LogP contribution in [0, 0.1) is 0 Å². The minimum absolute atomic E-state index is 0. The van der Waals surface area contributed by atoms with E-state index >= 15 is 0 Å². The van der Waals surface area contributed by atoms with E-state index in [4.69, 9.17) is 0 Å². The fourth-order valence-corrected chi connectivity index (χ4v) is 4.65. The third-order valence-corrected chi connectivity index (χ3v) is 6.52. The molecule has 3 aromatic heterocycles. The van der Waals surface area contributed by atoms with Crippen LogP contribution in [0.2, 0.25) is 0 Å². The highest BCUT2D eigenvalue weighted by Gasteiger charge is 2.30. The summed E-state index contributed by atoms with van der Waals surface area (Å²) in [6, 6.07) is 14.7. The SMILES string of the molecule is Cl.O=C(Nc1ccc(-c2cc(-c3cccc4[nH]ncc34)c(=O)n(CC(F)(F)F)n2)cc1)N1Cc2ccncc2C1. The van der Waals surface area contributed by atoms with Gasteiger partial charge in [0.05, 0.1) is 23.0 Å². The number of nitrogens with one attached hydrogen (secondary N) is 2. The highest BCUT2D eigenvalue weighted by molar-refractivity contribution is 5.94. The molecule has 0 unspecified atom stereocenters. The van der Waals surface area contributed by atoms with Crippen LogP contribution in [-0.4, -0.2) is 42.1 Å². The lowest BCUT2D eigenvalue weighted by Crippen LogP contribution is -2.31. The smallest absolute Gasteiger partial charge is 0.316 e. The van der Waals surface area contributed by atoms with Gasteiger partial charge in [-0.3, -0.25) is 14.9 Å². The Morgan fingerprint density at radius 3 is 2.52 bits per heavy atom. The van der Waals surface area contributed by atoms with E-state index in [0.717, 1.165) is 11.1 Å². The number of H-pyrrole nitrogens is 1. The molecule has 1 aliphatic heterocycles. The quantitative estimate of drug-likeness (QED) is 0.303. The standard InChI is InChI=1S/C27H20F3N7O2.ClH/c28-27(29,30)15-37-25(38)21(20-2-1-3-23-22(20)12-32-34-23)10-24(35-37)16-4-6-19(7-5-16)33-26(39)36-13-17-8-9-31-11-18(17)14-36;/h1-12H,13-15H2,(H,32,34)(H,33,39);1H. The maximum atomic E-state index is 13.3. The molecular formula is C27H21ClF3N7O2. The molecule has 6 rings (SSSR count). The number of aromatic nitrogens is 5. The minimum Gasteiger partial charge on any atom is -0.316 e. The number of hydrogen-bond donors (Lipinski definition) is 2. The molecule has 0 radical (unpaired) electrons. The van der Waals surface area contributed by atoms with Gasteiger partial charge < -0.3 is 10.2 Å². The van der Waals surface area contributed by atoms with Crippen molar-refractivity contribution in [3.05, 3.63) is 94.7 Å². The fourth-order valence-electron chi connectivity index (χ4n) is 4.65. The Bertz CT molecular complexity index is 1740. The van der Waals surface area contributed by atoms with E-state index in [2.05, 4.69) is 25.6 Å². The molecule has 9 nitrogen and oxygen atoms in total. The van der Waals surface area contributed by atoms with E-state index in [9.17, 15) is 22.8 Å². The molecule has 5 aromatic rings. The first-order chi connectivity index (χ1) is 18.7. The number of fused-ring (bicyclic) bond motifs is 2. The lowest BCUT2D eigenvalue weighted by atomic mass is 10.0. The van der Waals surface area contributed by atoms with E-state index in [-0.39, 0.29) is 29.7 Å². The second-order valence-corrected chi connectivity index (χ2v) is 9.17. The number of hydrogen-bond acceptors (Lipinski definition) is 5. The molecule has 204 valence electrons. The molecule has 2 amide bonds. The van der Waals surface area contributed by atoms with Crippen LogP contribution < -0.4 is 10.9 Å². The van der Waals surface area contributed by atoms with Gasteiger partial charge in [-0.05, 0) is 47.0 Å². The summed E-state index contributed by atoms with van der Waals surface area (Å²) in [6.07, 6.45) is 0.300. The molecule has 0 saturated carbocycles. The lowest BCUT2D eigenvalue weighted by molar-refractivity contribution is -0.143. The summed E-state index contributed by atoms with van der Waals surface area (Å²) in [5, 5.41) is 14.2. The number of carbonyl (C=O) groups is 1. The lowest BCUT2D eigenvalue weighted by Gasteiger charge is -2.17. The van der Waals surface area contributed by atoms with Gasteiger partial charge in [0.25, 0.3) is 5.56 Å². The zero-order chi connectivity index (χ0) is 27.1. The van der Waals surface area contributed by atoms with Crippen molar-refractivity contribution in [3.8, 4) is 22.4 Å². The van der Waals surface area contributed by atoms with Crippen molar-refractivity contribution >= 4 is 35.0 Å². The fraction of sp³-hybridized carbons (Fsp3) is 0.148. The zero-order valence-electron chi connectivity index (χ0n) is 20.6. The maximum Gasteiger partial charge on any atom is 0.408 e. The summed E-state index contributed by atoms with van der Waals surface area (Å²) in [5.74, 6) is 0. The maximum absolute atomic E-state index is 13.3. The second kappa shape index (κ2) is 10.5. The van der Waals surface area contributed by atoms with Crippen LogP contribution in [0.25, 0.3) is 33.3 Å². The van der Waals surface area contributed by atoms with Gasteiger partial charge in [0.2, 0.25) is 0 Å². The molecule has 4 heterocycles. The predicted octanol–water partition coefficient (Wildman–Crippen LogP) is 5.38. The summed E-state index contributed by atoms with van der Waals surface area (Å²) >= 11 is 0. The molecule has 0 spiro atoms. The monoisotopic (exact) mass is 567 g/mol. The van der Waals surface area contributed by atoms with E-state index in [1.54, 1.807) is 59.8 Å². The van der Waals surface area contributed by atoms with E-state index < -0.39 is 18.3 Å². The van der Waals surface area contributed by atoms with Gasteiger partial charge in [0.15, 0.2) is 0 Å². The predicted molar refractivity (Wildman–Crippen MR) is 145 cm³/mol. The molecule has 0 atom stereocenters. The van der Waals surface area contributed by atoms with Crippen molar-refractivity contribution in [1.29, 1.82) is 0 Å². The number of anilines is 1. The average molecular weight is 568 g/mol. The van der Waals surface area contributed by atoms with Gasteiger partial charge in [-0.25, -0.2) is 9.48 Å². The van der Waals surface area contributed by atoms with Crippen LogP contribution in [0.1, 0.15) is 11.1 Å². The number of halogens is 4. The number of urea groups is 1. The zero-order valence-corrected chi connectivity index (χ0v) is 21.5. The number of amides is 2. The third-order valence-electron chi connectivity index (χ3n) is 6.52. The summed E-state index contributed by atoms with van der Waals surface area (Å²) in [5.41, 5.74) is 3.47. The van der Waals surface area contributed by atoms with Crippen LogP contribution in [0.15, 0.2) is 78.0 Å². The Morgan fingerprint density at radius 2 is 1.77 bits per heavy atom. The van der Waals surface area contributed by atoms with Gasteiger partial charge in [0.1, 0.15) is 6.54 Å². The Labute approximate surface area is 231 Å². The van der Waals surface area contributed by atoms with Crippen molar-refractivity contribution in [2.24, 2.45) is 0 Å². The number of benzene rings is 2. The van der Waals surface area contributed by atoms with Crippen molar-refractivity contribution < 1.29 is 18.0 Å². The van der Waals surface area contributed by atoms with E-state index in [1.165, 1.54) is 12.3 Å². The van der Waals surface area contributed by atoms with Crippen LogP contribution in [-0.2, 0) is 19.6 Å². The van der Waals surface area contributed by atoms with Gasteiger partial charge in [-0.1, -0.05) is 24.3 Å². The number of pyridine rings is 1. The molecular weight excluding hydrogens is 547 g/mol. The number of rotatable bonds is 4. The molecule has 13 heteroatoms. The van der Waals surface area contributed by atoms with Crippen molar-refractivity contribution in [2.75, 3.05) is 5.32 Å². The number of alkyl halides is 3. The molecule has 40 heavy (non-hydrogen) atoms. The Morgan fingerprint density at radius 1 is 1.00 bits per heavy atom. The average Bonchev–Trinajstić information content (AvgIpc) is 3.57. The molecule has 2 aromatic carbocycles. The molecule has 0 saturated heterocycles. The van der Waals surface area contributed by atoms with Crippen LogP contribution in [0.4, 0.5) is 23.7 Å². The number of nitrogens with zero attached hydrogens (tertiary/aromatic N) is 5. The topological polar surface area (TPSA) is 109 Å². The van der Waals surface area contributed by atoms with Gasteiger partial charge >= 0.3 is 12.2 Å². The van der Waals surface area contributed by atoms with Crippen molar-refractivity contribution in [3.63, 3.8) is 0 Å². The normalized spacial score (nSPS) is 12.7. The molecule has 0 bridgehead atoms. The molecule has 1 aliphatic rings. The molecule has 2 N–H and O–H groups in total.